The van der Waals surface area contributed by atoms with Gasteiger partial charge in [-0.15, -0.1) is 0 Å². The highest BCUT2D eigenvalue weighted by Crippen LogP contribution is 2.36. The van der Waals surface area contributed by atoms with Crippen LogP contribution in [0.5, 0.6) is 0 Å². The number of ether oxygens (including phenoxy) is 1. The molecule has 11 heteroatoms. The summed E-state index contributed by atoms with van der Waals surface area (Å²) in [5.74, 6) is -0.299. The molecule has 1 N–H and O–H groups in total. The number of aliphatic imine (C=N–C) groups is 1. The number of nitrogens with zero attached hydrogens (tertiary/aromatic N) is 7. The Hall–Kier alpha value is -3.54. The predicted octanol–water partition coefficient (Wildman–Crippen LogP) is 4.10. The highest BCUT2D eigenvalue weighted by molar-refractivity contribution is 5.83. The molecule has 3 aromatic rings. The molecule has 40 heavy (non-hydrogen) atoms. The third-order valence-electron chi connectivity index (χ3n) is 7.69. The first kappa shape index (κ1) is 26.7. The Morgan fingerprint density at radius 2 is 1.70 bits per heavy atom. The third kappa shape index (κ3) is 5.67. The number of morpholine rings is 1. The fraction of sp³-hybridized carbons (Fsp3) is 0.448. The van der Waals surface area contributed by atoms with Gasteiger partial charge in [-0.2, -0.15) is 0 Å². The number of pyridine rings is 1. The smallest absolute Gasteiger partial charge is 0.227 e. The molecule has 3 aliphatic heterocycles. The van der Waals surface area contributed by atoms with Gasteiger partial charge in [0, 0.05) is 57.6 Å². The molecule has 0 aliphatic carbocycles. The topological polar surface area (TPSA) is 82.0 Å². The van der Waals surface area contributed by atoms with Crippen molar-refractivity contribution in [1.29, 1.82) is 0 Å². The van der Waals surface area contributed by atoms with Crippen molar-refractivity contribution in [2.45, 2.75) is 38.5 Å². The van der Waals surface area contributed by atoms with Crippen molar-refractivity contribution in [1.82, 2.24) is 24.8 Å². The van der Waals surface area contributed by atoms with Gasteiger partial charge < -0.3 is 19.9 Å². The Labute approximate surface area is 232 Å². The lowest BCUT2D eigenvalue weighted by atomic mass is 9.95. The van der Waals surface area contributed by atoms with Crippen molar-refractivity contribution < 1.29 is 13.5 Å². The number of aromatic nitrogens is 3. The van der Waals surface area contributed by atoms with Gasteiger partial charge in [-0.05, 0) is 50.7 Å². The summed E-state index contributed by atoms with van der Waals surface area (Å²) < 4.78 is 36.2. The van der Waals surface area contributed by atoms with Crippen LogP contribution in [0.3, 0.4) is 0 Å². The van der Waals surface area contributed by atoms with Gasteiger partial charge in [-0.3, -0.25) is 9.89 Å². The highest BCUT2D eigenvalue weighted by atomic mass is 19.1. The van der Waals surface area contributed by atoms with Crippen LogP contribution in [0, 0.1) is 11.6 Å². The van der Waals surface area contributed by atoms with Gasteiger partial charge in [0.05, 0.1) is 41.9 Å². The molecule has 1 aromatic carbocycles. The molecule has 2 fully saturated rings. The molecule has 5 heterocycles. The lowest BCUT2D eigenvalue weighted by molar-refractivity contribution is -0.0709. The molecule has 0 radical (unpaired) electrons. The van der Waals surface area contributed by atoms with Gasteiger partial charge >= 0.3 is 0 Å². The van der Waals surface area contributed by atoms with Gasteiger partial charge in [-0.1, -0.05) is 0 Å². The van der Waals surface area contributed by atoms with E-state index in [2.05, 4.69) is 42.1 Å². The zero-order valence-electron chi connectivity index (χ0n) is 23.0. The number of rotatable bonds is 6. The average molecular weight is 549 g/mol. The molecule has 0 amide bonds. The molecule has 0 saturated carbocycles. The second-order valence-corrected chi connectivity index (χ2v) is 11.0. The Kier molecular flexibility index (Phi) is 7.43. The zero-order chi connectivity index (χ0) is 27.8. The molecular weight excluding hydrogens is 514 g/mol. The van der Waals surface area contributed by atoms with E-state index in [9.17, 15) is 0 Å². The minimum atomic E-state index is -0.567. The summed E-state index contributed by atoms with van der Waals surface area (Å²) in [6.07, 6.45) is 5.09. The second kappa shape index (κ2) is 11.1. The largest absolute Gasteiger partial charge is 0.373 e. The summed E-state index contributed by atoms with van der Waals surface area (Å²) in [6.45, 7) is 9.32. The monoisotopic (exact) mass is 548 g/mol. The molecular formula is C29H34F2N8O. The van der Waals surface area contributed by atoms with E-state index in [1.807, 2.05) is 30.9 Å². The van der Waals surface area contributed by atoms with Crippen LogP contribution < -0.4 is 10.2 Å². The molecule has 1 unspecified atom stereocenters. The predicted molar refractivity (Wildman–Crippen MR) is 151 cm³/mol. The van der Waals surface area contributed by atoms with Crippen molar-refractivity contribution >= 4 is 29.4 Å². The van der Waals surface area contributed by atoms with Crippen LogP contribution >= 0.6 is 0 Å². The number of anilines is 3. The van der Waals surface area contributed by atoms with Crippen LogP contribution in [-0.4, -0.2) is 89.5 Å². The lowest BCUT2D eigenvalue weighted by Crippen LogP contribution is -2.45. The summed E-state index contributed by atoms with van der Waals surface area (Å²) in [7, 11) is 2.12. The maximum Gasteiger partial charge on any atom is 0.227 e. The van der Waals surface area contributed by atoms with Crippen LogP contribution in [0.2, 0.25) is 0 Å². The Balaban J connectivity index is 1.17. The molecule has 0 spiro atoms. The van der Waals surface area contributed by atoms with Gasteiger partial charge in [0.1, 0.15) is 23.1 Å². The standard InChI is InChI=1S/C29H34F2N8O/c1-18-15-38(16-19(2)40-18)17-23-24(30)10-20(11-25(23)31)22-13-32-26-14-34-29(36-28(22)26)35-21-4-5-27(33-12-21)39-8-6-37(3)7-9-39/h4-5,10-14,18-19,22H,6-9,15-17H2,1-3H3,(H,34,35,36)/t18-,19+,22?. The first-order chi connectivity index (χ1) is 19.3. The normalized spacial score (nSPS) is 23.4. The fourth-order valence-corrected chi connectivity index (χ4v) is 5.65. The molecule has 0 bridgehead atoms. The van der Waals surface area contributed by atoms with E-state index in [-0.39, 0.29) is 24.3 Å². The molecule has 3 aliphatic rings. The van der Waals surface area contributed by atoms with Crippen LogP contribution in [0.25, 0.3) is 0 Å². The number of benzene rings is 1. The van der Waals surface area contributed by atoms with Crippen LogP contribution in [0.4, 0.5) is 31.9 Å². The van der Waals surface area contributed by atoms with Gasteiger partial charge in [-0.25, -0.2) is 23.7 Å². The van der Waals surface area contributed by atoms with E-state index >= 15 is 8.78 Å². The zero-order valence-corrected chi connectivity index (χ0v) is 23.0. The molecule has 6 rings (SSSR count). The highest BCUT2D eigenvalue weighted by Gasteiger charge is 2.28. The average Bonchev–Trinajstić information content (AvgIpc) is 3.34. The van der Waals surface area contributed by atoms with Crippen molar-refractivity contribution in [2.75, 3.05) is 56.5 Å². The Morgan fingerprint density at radius 3 is 2.38 bits per heavy atom. The third-order valence-corrected chi connectivity index (χ3v) is 7.69. The van der Waals surface area contributed by atoms with E-state index in [1.165, 1.54) is 12.1 Å². The molecule has 2 aromatic heterocycles. The van der Waals surface area contributed by atoms with Crippen molar-refractivity contribution in [3.05, 3.63) is 65.1 Å². The second-order valence-electron chi connectivity index (χ2n) is 11.0. The van der Waals surface area contributed by atoms with Gasteiger partial charge in [0.15, 0.2) is 0 Å². The first-order valence-corrected chi connectivity index (χ1v) is 13.8. The number of hydrogen-bond acceptors (Lipinski definition) is 9. The summed E-state index contributed by atoms with van der Waals surface area (Å²) in [4.78, 5) is 24.6. The van der Waals surface area contributed by atoms with Crippen molar-refractivity contribution in [3.63, 3.8) is 0 Å². The Morgan fingerprint density at radius 1 is 0.975 bits per heavy atom. The van der Waals surface area contributed by atoms with E-state index < -0.39 is 17.6 Å². The number of piperazine rings is 1. The summed E-state index contributed by atoms with van der Waals surface area (Å²) in [6, 6.07) is 6.73. The molecule has 210 valence electrons. The van der Waals surface area contributed by atoms with Crippen molar-refractivity contribution in [2.24, 2.45) is 4.99 Å². The van der Waals surface area contributed by atoms with Crippen LogP contribution in [0.1, 0.15) is 36.6 Å². The molecule has 2 saturated heterocycles. The van der Waals surface area contributed by atoms with Gasteiger partial charge in [0.25, 0.3) is 0 Å². The van der Waals surface area contributed by atoms with Crippen LogP contribution in [0.15, 0.2) is 41.7 Å². The SMILES string of the molecule is C[C@@H]1CN(Cc2c(F)cc(C3C=Nc4cnc(Nc5ccc(N6CCN(C)CC6)nc5)nc43)cc2F)C[C@H](C)O1. The van der Waals surface area contributed by atoms with E-state index in [4.69, 9.17) is 4.74 Å². The number of fused-ring (bicyclic) bond motifs is 1. The maximum atomic E-state index is 15.2. The number of likely N-dealkylation sites (N-methyl/N-ethyl adjacent to an activating group) is 1. The summed E-state index contributed by atoms with van der Waals surface area (Å²) in [5, 5.41) is 3.20. The summed E-state index contributed by atoms with van der Waals surface area (Å²) >= 11 is 0. The van der Waals surface area contributed by atoms with Gasteiger partial charge in [0.2, 0.25) is 5.95 Å². The maximum absolute atomic E-state index is 15.2. The Bertz CT molecular complexity index is 1360. The number of halogens is 2. The minimum absolute atomic E-state index is 0.0218. The quantitative estimate of drug-likeness (QED) is 0.493. The number of nitrogens with one attached hydrogen (secondary N) is 1. The molecule has 3 atom stereocenters. The lowest BCUT2D eigenvalue weighted by Gasteiger charge is -2.35. The van der Waals surface area contributed by atoms with E-state index in [0.717, 1.165) is 37.7 Å². The van der Waals surface area contributed by atoms with E-state index in [0.29, 0.717) is 36.0 Å². The first-order valence-electron chi connectivity index (χ1n) is 13.8. The van der Waals surface area contributed by atoms with E-state index in [1.54, 1.807) is 18.6 Å². The molecule has 9 nitrogen and oxygen atoms in total. The van der Waals surface area contributed by atoms with Crippen molar-refractivity contribution in [3.8, 4) is 0 Å². The fourth-order valence-electron chi connectivity index (χ4n) is 5.65. The number of hydrogen-bond donors (Lipinski definition) is 1. The summed E-state index contributed by atoms with van der Waals surface area (Å²) in [5.41, 5.74) is 2.47. The van der Waals surface area contributed by atoms with Crippen LogP contribution in [-0.2, 0) is 11.3 Å². The minimum Gasteiger partial charge on any atom is -0.373 e.